The molecule has 4 rings (SSSR count). The largest absolute Gasteiger partial charge is 0.0955 e. The van der Waals surface area contributed by atoms with Gasteiger partial charge in [-0.3, -0.25) is 0 Å². The van der Waals surface area contributed by atoms with Crippen LogP contribution in [0.1, 0.15) is 48.9 Å². The van der Waals surface area contributed by atoms with E-state index in [9.17, 15) is 0 Å². The van der Waals surface area contributed by atoms with Gasteiger partial charge in [0.2, 0.25) is 0 Å². The van der Waals surface area contributed by atoms with Crippen LogP contribution in [-0.4, -0.2) is 0 Å². The molecule has 1 aliphatic rings. The molecule has 0 amide bonds. The van der Waals surface area contributed by atoms with Crippen molar-refractivity contribution < 1.29 is 0 Å². The van der Waals surface area contributed by atoms with E-state index in [1.807, 2.05) is 18.2 Å². The van der Waals surface area contributed by atoms with Gasteiger partial charge in [-0.2, -0.15) is 0 Å². The van der Waals surface area contributed by atoms with Crippen molar-refractivity contribution in [2.24, 2.45) is 0 Å². The van der Waals surface area contributed by atoms with E-state index in [4.69, 9.17) is 23.2 Å². The van der Waals surface area contributed by atoms with Gasteiger partial charge in [-0.1, -0.05) is 89.5 Å². The van der Waals surface area contributed by atoms with Crippen molar-refractivity contribution in [3.05, 3.63) is 134 Å². The lowest BCUT2D eigenvalue weighted by atomic mass is 9.81. The highest BCUT2D eigenvalue weighted by Gasteiger charge is 2.35. The van der Waals surface area contributed by atoms with Crippen LogP contribution in [0.5, 0.6) is 0 Å². The van der Waals surface area contributed by atoms with Gasteiger partial charge < -0.3 is 0 Å². The molecule has 3 aromatic rings. The van der Waals surface area contributed by atoms with E-state index in [1.165, 1.54) is 39.0 Å². The minimum atomic E-state index is 0.0900. The fourth-order valence-electron chi connectivity index (χ4n) is 4.56. The molecule has 2 heteroatoms. The molecule has 0 aromatic heterocycles. The summed E-state index contributed by atoms with van der Waals surface area (Å²) in [5, 5.41) is 1.48. The molecule has 1 atom stereocenters. The second-order valence-corrected chi connectivity index (χ2v) is 8.90. The molecule has 150 valence electrons. The van der Waals surface area contributed by atoms with Crippen LogP contribution in [0, 0.1) is 0 Å². The Bertz CT molecular complexity index is 1180. The summed E-state index contributed by atoms with van der Waals surface area (Å²) in [6.45, 7) is 10.7. The second-order valence-electron chi connectivity index (χ2n) is 8.03. The third kappa shape index (κ3) is 3.67. The van der Waals surface area contributed by atoms with Crippen LogP contribution in [0.15, 0.2) is 102 Å². The fraction of sp³-hybridized carbons (Fsp3) is 0.143. The quantitative estimate of drug-likeness (QED) is 0.362. The first-order valence-electron chi connectivity index (χ1n) is 10.1. The van der Waals surface area contributed by atoms with Gasteiger partial charge in [0.25, 0.3) is 0 Å². The van der Waals surface area contributed by atoms with E-state index in [0.29, 0.717) is 0 Å². The predicted molar refractivity (Wildman–Crippen MR) is 130 cm³/mol. The highest BCUT2D eigenvalue weighted by molar-refractivity contribution is 6.31. The molecule has 0 saturated heterocycles. The van der Waals surface area contributed by atoms with Crippen LogP contribution in [0.25, 0.3) is 5.57 Å². The Morgan fingerprint density at radius 1 is 0.800 bits per heavy atom. The molecular weight excluding hydrogens is 407 g/mol. The van der Waals surface area contributed by atoms with Gasteiger partial charge in [-0.05, 0) is 84.0 Å². The van der Waals surface area contributed by atoms with E-state index >= 15 is 0 Å². The molecule has 1 unspecified atom stereocenters. The number of halogens is 2. The lowest BCUT2D eigenvalue weighted by Crippen LogP contribution is -2.06. The summed E-state index contributed by atoms with van der Waals surface area (Å²) in [6, 6.07) is 25.0. The Morgan fingerprint density at radius 2 is 1.43 bits per heavy atom. The number of fused-ring (bicyclic) bond motifs is 1. The lowest BCUT2D eigenvalue weighted by molar-refractivity contribution is 0.976. The van der Waals surface area contributed by atoms with Crippen LogP contribution in [0.3, 0.4) is 0 Å². The second kappa shape index (κ2) is 8.30. The van der Waals surface area contributed by atoms with Crippen molar-refractivity contribution in [2.75, 3.05) is 0 Å². The SMILES string of the molecule is C=C(C)C(=C(C)C)C1=C(c2ccc(Cl)cc2)c2ccc(Cl)cc2C1c1ccccc1. The number of hydrogen-bond donors (Lipinski definition) is 0. The van der Waals surface area contributed by atoms with Crippen molar-refractivity contribution in [3.63, 3.8) is 0 Å². The van der Waals surface area contributed by atoms with Gasteiger partial charge in [0.1, 0.15) is 0 Å². The normalized spacial score (nSPS) is 15.2. The van der Waals surface area contributed by atoms with Crippen LogP contribution < -0.4 is 0 Å². The summed E-state index contributed by atoms with van der Waals surface area (Å²) in [6.07, 6.45) is 0. The zero-order valence-electron chi connectivity index (χ0n) is 17.5. The molecule has 0 bridgehead atoms. The maximum absolute atomic E-state index is 6.48. The van der Waals surface area contributed by atoms with Crippen LogP contribution >= 0.6 is 23.2 Å². The van der Waals surface area contributed by atoms with Crippen LogP contribution in [0.4, 0.5) is 0 Å². The van der Waals surface area contributed by atoms with Crippen LogP contribution in [-0.2, 0) is 0 Å². The molecule has 0 N–H and O–H groups in total. The average Bonchev–Trinajstić information content (AvgIpc) is 3.02. The molecule has 0 spiro atoms. The van der Waals surface area contributed by atoms with Crippen molar-refractivity contribution >= 4 is 28.8 Å². The minimum absolute atomic E-state index is 0.0900. The fourth-order valence-corrected chi connectivity index (χ4v) is 4.87. The first-order valence-corrected chi connectivity index (χ1v) is 10.8. The third-order valence-electron chi connectivity index (χ3n) is 5.61. The molecule has 0 saturated carbocycles. The molecule has 0 nitrogen and oxygen atoms in total. The molecule has 0 fully saturated rings. The molecule has 1 aliphatic carbocycles. The van der Waals surface area contributed by atoms with Crippen molar-refractivity contribution in [2.45, 2.75) is 26.7 Å². The van der Waals surface area contributed by atoms with Crippen LogP contribution in [0.2, 0.25) is 10.0 Å². The molecule has 0 heterocycles. The average molecular weight is 431 g/mol. The summed E-state index contributed by atoms with van der Waals surface area (Å²) in [5.41, 5.74) is 10.9. The zero-order valence-corrected chi connectivity index (χ0v) is 19.0. The Hall–Kier alpha value is -2.54. The highest BCUT2D eigenvalue weighted by Crippen LogP contribution is 2.52. The summed E-state index contributed by atoms with van der Waals surface area (Å²) in [7, 11) is 0. The Balaban J connectivity index is 2.13. The van der Waals surface area contributed by atoms with Crippen molar-refractivity contribution in [3.8, 4) is 0 Å². The standard InChI is InChI=1S/C28H24Cl2/c1-17(2)25(18(3)4)28-26(20-10-12-21(29)13-11-20)23-15-14-22(30)16-24(23)27(28)19-8-6-5-7-9-19/h5-16,27H,1H2,2-4H3. The summed E-state index contributed by atoms with van der Waals surface area (Å²) in [4.78, 5) is 0. The maximum Gasteiger partial charge on any atom is 0.0409 e. The summed E-state index contributed by atoms with van der Waals surface area (Å²) in [5.74, 6) is 0.0900. The maximum atomic E-state index is 6.48. The van der Waals surface area contributed by atoms with E-state index in [1.54, 1.807) is 0 Å². The Morgan fingerprint density at radius 3 is 2.03 bits per heavy atom. The van der Waals surface area contributed by atoms with E-state index in [-0.39, 0.29) is 5.92 Å². The predicted octanol–water partition coefficient (Wildman–Crippen LogP) is 8.85. The topological polar surface area (TPSA) is 0 Å². The number of rotatable bonds is 4. The Labute approximate surface area is 189 Å². The smallest absolute Gasteiger partial charge is 0.0409 e. The third-order valence-corrected chi connectivity index (χ3v) is 6.10. The number of hydrogen-bond acceptors (Lipinski definition) is 0. The Kier molecular flexibility index (Phi) is 5.73. The lowest BCUT2D eigenvalue weighted by Gasteiger charge is -2.22. The van der Waals surface area contributed by atoms with Crippen molar-refractivity contribution in [1.29, 1.82) is 0 Å². The van der Waals surface area contributed by atoms with Gasteiger partial charge in [0, 0.05) is 16.0 Å². The van der Waals surface area contributed by atoms with Gasteiger partial charge in [-0.15, -0.1) is 0 Å². The number of allylic oxidation sites excluding steroid dienone is 4. The molecule has 30 heavy (non-hydrogen) atoms. The van der Waals surface area contributed by atoms with E-state index < -0.39 is 0 Å². The van der Waals surface area contributed by atoms with Gasteiger partial charge in [0.15, 0.2) is 0 Å². The molecule has 0 radical (unpaired) electrons. The first-order chi connectivity index (χ1) is 14.4. The monoisotopic (exact) mass is 430 g/mol. The molecule has 3 aromatic carbocycles. The van der Waals surface area contributed by atoms with E-state index in [2.05, 4.69) is 81.9 Å². The van der Waals surface area contributed by atoms with Gasteiger partial charge in [0.05, 0.1) is 0 Å². The minimum Gasteiger partial charge on any atom is -0.0955 e. The number of benzene rings is 3. The first kappa shape index (κ1) is 20.7. The summed E-state index contributed by atoms with van der Waals surface area (Å²) >= 11 is 12.7. The van der Waals surface area contributed by atoms with Gasteiger partial charge in [-0.25, -0.2) is 0 Å². The highest BCUT2D eigenvalue weighted by atomic mass is 35.5. The van der Waals surface area contributed by atoms with E-state index in [0.717, 1.165) is 21.2 Å². The summed E-state index contributed by atoms with van der Waals surface area (Å²) < 4.78 is 0. The molecular formula is C28H24Cl2. The zero-order chi connectivity index (χ0) is 21.4. The van der Waals surface area contributed by atoms with Crippen molar-refractivity contribution in [1.82, 2.24) is 0 Å². The van der Waals surface area contributed by atoms with Gasteiger partial charge >= 0.3 is 0 Å². The molecule has 0 aliphatic heterocycles.